The fourth-order valence-corrected chi connectivity index (χ4v) is 1.74. The molecule has 1 aromatic heterocycles. The first-order valence-corrected chi connectivity index (χ1v) is 5.70. The average molecular weight is 244 g/mol. The van der Waals surface area contributed by atoms with E-state index in [9.17, 15) is 9.90 Å². The molecule has 2 aromatic rings. The number of hydrogen-bond donors (Lipinski definition) is 2. The van der Waals surface area contributed by atoms with Crippen molar-refractivity contribution in [3.8, 4) is 5.69 Å². The van der Waals surface area contributed by atoms with Gasteiger partial charge in [0.25, 0.3) is 5.56 Å². The smallest absolute Gasteiger partial charge is 0.278 e. The zero-order valence-electron chi connectivity index (χ0n) is 10.4. The van der Waals surface area contributed by atoms with Crippen LogP contribution < -0.4 is 11.3 Å². The number of pyridine rings is 1. The molecule has 0 aliphatic heterocycles. The van der Waals surface area contributed by atoms with Crippen molar-refractivity contribution in [3.05, 3.63) is 58.5 Å². The third kappa shape index (κ3) is 2.28. The van der Waals surface area contributed by atoms with Gasteiger partial charge in [0.1, 0.15) is 0 Å². The molecule has 0 fully saturated rings. The highest BCUT2D eigenvalue weighted by molar-refractivity contribution is 5.41. The molecule has 0 amide bonds. The number of aromatic nitrogens is 1. The first kappa shape index (κ1) is 12.4. The molecule has 0 bridgehead atoms. The minimum absolute atomic E-state index is 0.212. The predicted octanol–water partition coefficient (Wildman–Crippen LogP) is 1.65. The number of anilines is 1. The summed E-state index contributed by atoms with van der Waals surface area (Å²) in [6.45, 7) is 3.43. The molecule has 0 spiro atoms. The van der Waals surface area contributed by atoms with E-state index in [0.717, 1.165) is 11.3 Å². The number of aliphatic hydroxyl groups is 1. The highest BCUT2D eigenvalue weighted by atomic mass is 16.3. The van der Waals surface area contributed by atoms with E-state index in [1.54, 1.807) is 56.4 Å². The third-order valence-electron chi connectivity index (χ3n) is 2.83. The van der Waals surface area contributed by atoms with Crippen LogP contribution >= 0.6 is 0 Å². The van der Waals surface area contributed by atoms with Crippen molar-refractivity contribution >= 4 is 5.69 Å². The van der Waals surface area contributed by atoms with Crippen molar-refractivity contribution in [2.24, 2.45) is 0 Å². The monoisotopic (exact) mass is 244 g/mol. The van der Waals surface area contributed by atoms with E-state index < -0.39 is 5.60 Å². The minimum atomic E-state index is -0.890. The quantitative estimate of drug-likeness (QED) is 0.844. The van der Waals surface area contributed by atoms with Gasteiger partial charge in [-0.3, -0.25) is 9.36 Å². The van der Waals surface area contributed by atoms with Crippen LogP contribution in [0.3, 0.4) is 0 Å². The number of nitrogens with two attached hydrogens (primary N) is 1. The van der Waals surface area contributed by atoms with E-state index in [1.165, 1.54) is 4.57 Å². The molecule has 0 radical (unpaired) electrons. The highest BCUT2D eigenvalue weighted by Crippen LogP contribution is 2.20. The van der Waals surface area contributed by atoms with Gasteiger partial charge in [0, 0.05) is 11.9 Å². The van der Waals surface area contributed by atoms with Gasteiger partial charge < -0.3 is 10.8 Å². The van der Waals surface area contributed by atoms with Gasteiger partial charge in [-0.1, -0.05) is 12.1 Å². The average Bonchev–Trinajstić information content (AvgIpc) is 2.32. The molecule has 0 saturated heterocycles. The van der Waals surface area contributed by atoms with Gasteiger partial charge in [-0.15, -0.1) is 0 Å². The van der Waals surface area contributed by atoms with Crippen LogP contribution in [0.5, 0.6) is 0 Å². The standard InChI is InChI=1S/C14H16N2O2/c1-14(2,18)10-5-7-11(8-6-10)16-9-3-4-12(15)13(16)17/h3-9,18H,15H2,1-2H3. The number of rotatable bonds is 2. The Morgan fingerprint density at radius 1 is 1.17 bits per heavy atom. The van der Waals surface area contributed by atoms with Crippen molar-refractivity contribution in [2.75, 3.05) is 5.73 Å². The lowest BCUT2D eigenvalue weighted by atomic mass is 9.98. The van der Waals surface area contributed by atoms with E-state index in [-0.39, 0.29) is 11.2 Å². The Kier molecular flexibility index (Phi) is 2.97. The summed E-state index contributed by atoms with van der Waals surface area (Å²) >= 11 is 0. The van der Waals surface area contributed by atoms with E-state index in [1.807, 2.05) is 0 Å². The van der Waals surface area contributed by atoms with Crippen LogP contribution in [0.1, 0.15) is 19.4 Å². The van der Waals surface area contributed by atoms with E-state index in [0.29, 0.717) is 0 Å². The fourth-order valence-electron chi connectivity index (χ4n) is 1.74. The number of hydrogen-bond acceptors (Lipinski definition) is 3. The lowest BCUT2D eigenvalue weighted by Crippen LogP contribution is -2.21. The summed E-state index contributed by atoms with van der Waals surface area (Å²) in [4.78, 5) is 11.8. The molecule has 1 aromatic carbocycles. The van der Waals surface area contributed by atoms with Crippen LogP contribution in [0.2, 0.25) is 0 Å². The van der Waals surface area contributed by atoms with Crippen molar-refractivity contribution in [2.45, 2.75) is 19.4 Å². The van der Waals surface area contributed by atoms with Crippen LogP contribution in [0.15, 0.2) is 47.4 Å². The molecule has 1 heterocycles. The minimum Gasteiger partial charge on any atom is -0.394 e. The predicted molar refractivity (Wildman–Crippen MR) is 71.7 cm³/mol. The Morgan fingerprint density at radius 3 is 2.33 bits per heavy atom. The summed E-state index contributed by atoms with van der Waals surface area (Å²) < 4.78 is 1.48. The fraction of sp³-hybridized carbons (Fsp3) is 0.214. The molecule has 4 heteroatoms. The van der Waals surface area contributed by atoms with Gasteiger partial charge in [-0.25, -0.2) is 0 Å². The first-order valence-electron chi connectivity index (χ1n) is 5.70. The lowest BCUT2D eigenvalue weighted by Gasteiger charge is -2.18. The molecular weight excluding hydrogens is 228 g/mol. The van der Waals surface area contributed by atoms with Crippen LogP contribution in [-0.4, -0.2) is 9.67 Å². The molecule has 0 unspecified atom stereocenters. The molecular formula is C14H16N2O2. The lowest BCUT2D eigenvalue weighted by molar-refractivity contribution is 0.0786. The Hall–Kier alpha value is -2.07. The second kappa shape index (κ2) is 4.31. The van der Waals surface area contributed by atoms with Gasteiger partial charge in [-0.2, -0.15) is 0 Å². The van der Waals surface area contributed by atoms with Gasteiger partial charge in [-0.05, 0) is 43.7 Å². The zero-order valence-corrected chi connectivity index (χ0v) is 10.4. The van der Waals surface area contributed by atoms with Crippen LogP contribution in [0.4, 0.5) is 5.69 Å². The summed E-state index contributed by atoms with van der Waals surface area (Å²) in [7, 11) is 0. The second-order valence-electron chi connectivity index (χ2n) is 4.74. The molecule has 18 heavy (non-hydrogen) atoms. The Labute approximate surface area is 105 Å². The molecule has 0 aliphatic rings. The molecule has 0 saturated carbocycles. The molecule has 4 nitrogen and oxygen atoms in total. The number of nitrogen functional groups attached to an aromatic ring is 1. The SMILES string of the molecule is CC(C)(O)c1ccc(-n2cccc(N)c2=O)cc1. The third-order valence-corrected chi connectivity index (χ3v) is 2.83. The largest absolute Gasteiger partial charge is 0.394 e. The van der Waals surface area contributed by atoms with E-state index >= 15 is 0 Å². The Bertz CT molecular complexity index is 607. The summed E-state index contributed by atoms with van der Waals surface area (Å²) in [6, 6.07) is 10.5. The first-order chi connectivity index (χ1) is 8.39. The topological polar surface area (TPSA) is 68.2 Å². The van der Waals surface area contributed by atoms with Crippen LogP contribution in [0, 0.1) is 0 Å². The van der Waals surface area contributed by atoms with Crippen LogP contribution in [0.25, 0.3) is 5.69 Å². The highest BCUT2D eigenvalue weighted by Gasteiger charge is 2.15. The molecule has 3 N–H and O–H groups in total. The van der Waals surface area contributed by atoms with Crippen molar-refractivity contribution < 1.29 is 5.11 Å². The van der Waals surface area contributed by atoms with Gasteiger partial charge in [0.05, 0.1) is 11.3 Å². The van der Waals surface area contributed by atoms with E-state index in [4.69, 9.17) is 5.73 Å². The van der Waals surface area contributed by atoms with Crippen LogP contribution in [-0.2, 0) is 5.60 Å². The summed E-state index contributed by atoms with van der Waals surface area (Å²) in [5.41, 5.74) is 6.18. The Balaban J connectivity index is 2.47. The molecule has 2 rings (SSSR count). The molecule has 0 atom stereocenters. The normalized spacial score (nSPS) is 11.5. The van der Waals surface area contributed by atoms with Crippen molar-refractivity contribution in [1.82, 2.24) is 4.57 Å². The maximum Gasteiger partial charge on any atom is 0.278 e. The van der Waals surface area contributed by atoms with Crippen molar-refractivity contribution in [3.63, 3.8) is 0 Å². The van der Waals surface area contributed by atoms with Gasteiger partial charge in [0.2, 0.25) is 0 Å². The summed E-state index contributed by atoms with van der Waals surface area (Å²) in [5.74, 6) is 0. The maximum absolute atomic E-state index is 11.8. The maximum atomic E-state index is 11.8. The summed E-state index contributed by atoms with van der Waals surface area (Å²) in [6.07, 6.45) is 1.66. The second-order valence-corrected chi connectivity index (χ2v) is 4.74. The van der Waals surface area contributed by atoms with Gasteiger partial charge >= 0.3 is 0 Å². The molecule has 0 aliphatic carbocycles. The number of nitrogens with zero attached hydrogens (tertiary/aromatic N) is 1. The van der Waals surface area contributed by atoms with Crippen molar-refractivity contribution in [1.29, 1.82) is 0 Å². The number of benzene rings is 1. The molecule has 94 valence electrons. The van der Waals surface area contributed by atoms with Gasteiger partial charge in [0.15, 0.2) is 0 Å². The Morgan fingerprint density at radius 2 is 1.78 bits per heavy atom. The zero-order chi connectivity index (χ0) is 13.3. The summed E-state index contributed by atoms with van der Waals surface area (Å²) in [5, 5.41) is 9.86. The van der Waals surface area contributed by atoms with E-state index in [2.05, 4.69) is 0 Å².